The van der Waals surface area contributed by atoms with Crippen molar-refractivity contribution in [3.63, 3.8) is 0 Å². The quantitative estimate of drug-likeness (QED) is 0.759. The monoisotopic (exact) mass is 217 g/mol. The summed E-state index contributed by atoms with van der Waals surface area (Å²) in [7, 11) is -4.66. The van der Waals surface area contributed by atoms with Crippen molar-refractivity contribution in [3.8, 4) is 0 Å². The number of anilines is 1. The van der Waals surface area contributed by atoms with E-state index in [2.05, 4.69) is 5.32 Å². The topological polar surface area (TPSA) is 63.2 Å². The molecule has 0 saturated carbocycles. The van der Waals surface area contributed by atoms with Gasteiger partial charge in [0.05, 0.1) is 4.90 Å². The molecule has 76 valence electrons. The molecule has 0 fully saturated rings. The van der Waals surface area contributed by atoms with Crippen molar-refractivity contribution >= 4 is 21.8 Å². The summed E-state index contributed by atoms with van der Waals surface area (Å²) in [5, 5.41) is 2.43. The van der Waals surface area contributed by atoms with Gasteiger partial charge in [0, 0.05) is 12.6 Å². The third-order valence-electron chi connectivity index (χ3n) is 1.46. The van der Waals surface area contributed by atoms with Gasteiger partial charge >= 0.3 is 10.2 Å². The van der Waals surface area contributed by atoms with Crippen LogP contribution in [0.15, 0.2) is 29.2 Å². The minimum absolute atomic E-state index is 0.277. The van der Waals surface area contributed by atoms with Gasteiger partial charge in [-0.05, 0) is 24.3 Å². The lowest BCUT2D eigenvalue weighted by molar-refractivity contribution is -0.114. The Labute approximate surface area is 81.0 Å². The normalized spacial score (nSPS) is 11.0. The largest absolute Gasteiger partial charge is 0.332 e. The lowest BCUT2D eigenvalue weighted by atomic mass is 10.3. The number of carbonyl (C=O) groups is 1. The van der Waals surface area contributed by atoms with Crippen LogP contribution in [0.25, 0.3) is 0 Å². The molecule has 1 aromatic rings. The van der Waals surface area contributed by atoms with Gasteiger partial charge in [-0.2, -0.15) is 8.42 Å². The van der Waals surface area contributed by atoms with E-state index in [4.69, 9.17) is 0 Å². The van der Waals surface area contributed by atoms with Crippen molar-refractivity contribution in [3.05, 3.63) is 24.3 Å². The summed E-state index contributed by atoms with van der Waals surface area (Å²) in [6.45, 7) is 1.32. The van der Waals surface area contributed by atoms with E-state index in [1.165, 1.54) is 19.1 Å². The molecule has 1 aromatic carbocycles. The van der Waals surface area contributed by atoms with Crippen LogP contribution in [0.3, 0.4) is 0 Å². The van der Waals surface area contributed by atoms with Crippen LogP contribution in [0, 0.1) is 0 Å². The highest BCUT2D eigenvalue weighted by Crippen LogP contribution is 2.15. The Bertz CT molecular complexity index is 438. The number of benzene rings is 1. The van der Waals surface area contributed by atoms with Gasteiger partial charge in [-0.1, -0.05) is 0 Å². The second kappa shape index (κ2) is 3.75. The van der Waals surface area contributed by atoms with E-state index in [9.17, 15) is 17.1 Å². The Morgan fingerprint density at radius 3 is 2.14 bits per heavy atom. The summed E-state index contributed by atoms with van der Waals surface area (Å²) < 4.78 is 33.2. The first kappa shape index (κ1) is 10.6. The van der Waals surface area contributed by atoms with Crippen LogP contribution in [0.1, 0.15) is 6.92 Å². The zero-order valence-electron chi connectivity index (χ0n) is 7.32. The molecule has 0 aliphatic heterocycles. The maximum Gasteiger partial charge on any atom is 0.332 e. The number of halogens is 1. The fourth-order valence-electron chi connectivity index (χ4n) is 0.904. The van der Waals surface area contributed by atoms with Crippen molar-refractivity contribution in [2.24, 2.45) is 0 Å². The molecule has 0 heterocycles. The molecule has 0 aliphatic rings. The minimum atomic E-state index is -4.66. The van der Waals surface area contributed by atoms with Gasteiger partial charge in [0.2, 0.25) is 5.91 Å². The van der Waals surface area contributed by atoms with Crippen LogP contribution in [0.4, 0.5) is 9.57 Å². The van der Waals surface area contributed by atoms with Gasteiger partial charge in [-0.15, -0.1) is 3.89 Å². The van der Waals surface area contributed by atoms with Gasteiger partial charge in [0.1, 0.15) is 0 Å². The van der Waals surface area contributed by atoms with E-state index in [1.807, 2.05) is 0 Å². The third-order valence-corrected chi connectivity index (χ3v) is 2.29. The zero-order chi connectivity index (χ0) is 10.8. The second-order valence-electron chi connectivity index (χ2n) is 2.64. The first-order valence-electron chi connectivity index (χ1n) is 3.72. The van der Waals surface area contributed by atoms with Gasteiger partial charge in [-0.25, -0.2) is 0 Å². The highest BCUT2D eigenvalue weighted by atomic mass is 32.3. The summed E-state index contributed by atoms with van der Waals surface area (Å²) >= 11 is 0. The molecule has 0 unspecified atom stereocenters. The van der Waals surface area contributed by atoms with Crippen molar-refractivity contribution in [2.75, 3.05) is 5.32 Å². The van der Waals surface area contributed by atoms with E-state index in [0.29, 0.717) is 5.69 Å². The Kier molecular flexibility index (Phi) is 2.85. The Morgan fingerprint density at radius 2 is 1.79 bits per heavy atom. The summed E-state index contributed by atoms with van der Waals surface area (Å²) in [6, 6.07) is 4.79. The van der Waals surface area contributed by atoms with Crippen LogP contribution < -0.4 is 5.32 Å². The molecule has 0 radical (unpaired) electrons. The number of nitrogens with one attached hydrogen (secondary N) is 1. The first-order chi connectivity index (χ1) is 6.39. The maximum atomic E-state index is 12.4. The fourth-order valence-corrected chi connectivity index (χ4v) is 1.37. The number of hydrogen-bond acceptors (Lipinski definition) is 3. The molecule has 1 rings (SSSR count). The molecule has 0 saturated heterocycles. The van der Waals surface area contributed by atoms with Crippen molar-refractivity contribution < 1.29 is 17.1 Å². The SMILES string of the molecule is CC(=O)Nc1ccc(S(=O)(=O)F)cc1. The molecule has 0 aromatic heterocycles. The zero-order valence-corrected chi connectivity index (χ0v) is 8.14. The van der Waals surface area contributed by atoms with Crippen molar-refractivity contribution in [1.82, 2.24) is 0 Å². The summed E-state index contributed by atoms with van der Waals surface area (Å²) in [5.74, 6) is -0.277. The lowest BCUT2D eigenvalue weighted by Crippen LogP contribution is -2.05. The Morgan fingerprint density at radius 1 is 1.29 bits per heavy atom. The minimum Gasteiger partial charge on any atom is -0.326 e. The number of amides is 1. The van der Waals surface area contributed by atoms with Crippen LogP contribution in [0.2, 0.25) is 0 Å². The van der Waals surface area contributed by atoms with E-state index in [-0.39, 0.29) is 5.91 Å². The summed E-state index contributed by atoms with van der Waals surface area (Å²) in [6.07, 6.45) is 0. The average Bonchev–Trinajstić information content (AvgIpc) is 2.02. The van der Waals surface area contributed by atoms with Crippen LogP contribution in [-0.4, -0.2) is 14.3 Å². The predicted molar refractivity (Wildman–Crippen MR) is 49.0 cm³/mol. The Hall–Kier alpha value is -1.43. The molecular formula is C8H8FNO3S. The van der Waals surface area contributed by atoms with Crippen LogP contribution in [0.5, 0.6) is 0 Å². The molecule has 0 spiro atoms. The fraction of sp³-hybridized carbons (Fsp3) is 0.125. The number of hydrogen-bond donors (Lipinski definition) is 1. The van der Waals surface area contributed by atoms with Gasteiger partial charge in [-0.3, -0.25) is 4.79 Å². The molecule has 0 atom stereocenters. The van der Waals surface area contributed by atoms with Crippen LogP contribution >= 0.6 is 0 Å². The van der Waals surface area contributed by atoms with Crippen molar-refractivity contribution in [2.45, 2.75) is 11.8 Å². The van der Waals surface area contributed by atoms with Crippen LogP contribution in [-0.2, 0) is 15.0 Å². The molecule has 14 heavy (non-hydrogen) atoms. The molecule has 1 N–H and O–H groups in total. The maximum absolute atomic E-state index is 12.4. The Balaban J connectivity index is 2.95. The van der Waals surface area contributed by atoms with Gasteiger partial charge in [0.25, 0.3) is 0 Å². The molecule has 0 aliphatic carbocycles. The predicted octanol–water partition coefficient (Wildman–Crippen LogP) is 1.30. The average molecular weight is 217 g/mol. The van der Waals surface area contributed by atoms with E-state index < -0.39 is 15.1 Å². The third kappa shape index (κ3) is 2.81. The number of rotatable bonds is 2. The smallest absolute Gasteiger partial charge is 0.326 e. The summed E-state index contributed by atoms with van der Waals surface area (Å²) in [4.78, 5) is 10.2. The van der Waals surface area contributed by atoms with Crippen molar-refractivity contribution in [1.29, 1.82) is 0 Å². The van der Waals surface area contributed by atoms with E-state index in [0.717, 1.165) is 12.1 Å². The lowest BCUT2D eigenvalue weighted by Gasteiger charge is -2.01. The van der Waals surface area contributed by atoms with E-state index in [1.54, 1.807) is 0 Å². The first-order valence-corrected chi connectivity index (χ1v) is 5.10. The van der Waals surface area contributed by atoms with E-state index >= 15 is 0 Å². The molecular weight excluding hydrogens is 209 g/mol. The molecule has 6 heteroatoms. The summed E-state index contributed by atoms with van der Waals surface area (Å²) in [5.41, 5.74) is 0.421. The molecule has 4 nitrogen and oxygen atoms in total. The number of carbonyl (C=O) groups excluding carboxylic acids is 1. The van der Waals surface area contributed by atoms with Gasteiger partial charge in [0.15, 0.2) is 0 Å². The standard InChI is InChI=1S/C8H8FNO3S/c1-6(11)10-7-2-4-8(5-3-7)14(9,12)13/h2-5H,1H3,(H,10,11). The molecule has 1 amide bonds. The highest BCUT2D eigenvalue weighted by Gasteiger charge is 2.10. The second-order valence-corrected chi connectivity index (χ2v) is 3.99. The molecule has 0 bridgehead atoms. The van der Waals surface area contributed by atoms with Gasteiger partial charge < -0.3 is 5.32 Å². The highest BCUT2D eigenvalue weighted by molar-refractivity contribution is 7.86.